The molecule has 0 unspecified atom stereocenters. The Balaban J connectivity index is 1.58. The van der Waals surface area contributed by atoms with E-state index < -0.39 is 53.2 Å². The summed E-state index contributed by atoms with van der Waals surface area (Å²) >= 11 is 0. The number of ether oxygens (including phenoxy) is 3. The van der Waals surface area contributed by atoms with E-state index in [0.717, 1.165) is 16.7 Å². The Morgan fingerprint density at radius 3 is 2.02 bits per heavy atom. The number of nitrogens with zero attached hydrogens (tertiary/aromatic N) is 4. The summed E-state index contributed by atoms with van der Waals surface area (Å²) in [6.45, 7) is 10.0. The van der Waals surface area contributed by atoms with Gasteiger partial charge in [0.1, 0.15) is 36.3 Å². The standard InChI is InChI=1S/C45H57N7O7/c1-44(2,3)59-43(56)50-36(23-32-15-9-6-10-16-32)42(55)52(37(40(46)54)24-35-26-47-30-49-35)38(25-45(4,5)29-57-27-33-17-11-7-12-18-33)39(53)41-48-21-22-51(41)31-58-28-34-19-13-8-14-20-34/h6-22,26,30,36-39,53H,23-25,27-29,31H2,1-5H3,(H2,46,54)(H,47,49)(H,50,56)/t36-,37-,38-,39+/m0/s1. The van der Waals surface area contributed by atoms with E-state index in [-0.39, 0.29) is 38.4 Å². The molecule has 0 bridgehead atoms. The fourth-order valence-corrected chi connectivity index (χ4v) is 6.88. The van der Waals surface area contributed by atoms with Crippen molar-refractivity contribution in [2.75, 3.05) is 6.61 Å². The zero-order valence-electron chi connectivity index (χ0n) is 34.5. The number of nitrogens with one attached hydrogen (secondary N) is 2. The SMILES string of the molecule is CC(C)(COCc1ccccc1)C[C@@H]([C@@H](O)c1nccn1COCc1ccccc1)N(C(=O)[C@H](Cc1ccccc1)NC(=O)OC(C)(C)C)[C@@H](Cc1cnc[nH]1)C(N)=O. The number of aromatic nitrogens is 4. The third-order valence-electron chi connectivity index (χ3n) is 9.60. The van der Waals surface area contributed by atoms with Crippen molar-refractivity contribution in [1.82, 2.24) is 29.7 Å². The summed E-state index contributed by atoms with van der Waals surface area (Å²) in [4.78, 5) is 55.7. The summed E-state index contributed by atoms with van der Waals surface area (Å²) in [5.74, 6) is -1.29. The summed E-state index contributed by atoms with van der Waals surface area (Å²) in [5, 5.41) is 15.4. The van der Waals surface area contributed by atoms with Gasteiger partial charge in [-0.25, -0.2) is 14.8 Å². The second kappa shape index (κ2) is 20.7. The van der Waals surface area contributed by atoms with Gasteiger partial charge < -0.3 is 44.8 Å². The molecule has 14 heteroatoms. The molecule has 2 aromatic heterocycles. The molecule has 5 N–H and O–H groups in total. The lowest BCUT2D eigenvalue weighted by Gasteiger charge is -2.43. The van der Waals surface area contributed by atoms with Crippen LogP contribution >= 0.6 is 0 Å². The van der Waals surface area contributed by atoms with E-state index in [1.807, 2.05) is 105 Å². The van der Waals surface area contributed by atoms with Gasteiger partial charge in [0, 0.05) is 37.1 Å². The molecule has 0 saturated heterocycles. The van der Waals surface area contributed by atoms with Crippen molar-refractivity contribution < 1.29 is 33.7 Å². The number of amides is 3. The predicted octanol–water partition coefficient (Wildman–Crippen LogP) is 5.88. The second-order valence-electron chi connectivity index (χ2n) is 16.4. The van der Waals surface area contributed by atoms with Gasteiger partial charge in [-0.15, -0.1) is 0 Å². The third kappa shape index (κ3) is 13.6. The quantitative estimate of drug-likeness (QED) is 0.0703. The Bertz CT molecular complexity index is 2030. The van der Waals surface area contributed by atoms with Gasteiger partial charge in [0.2, 0.25) is 11.8 Å². The minimum absolute atomic E-state index is 0.0375. The molecule has 14 nitrogen and oxygen atoms in total. The number of imidazole rings is 2. The monoisotopic (exact) mass is 807 g/mol. The molecule has 2 heterocycles. The summed E-state index contributed by atoms with van der Waals surface area (Å²) in [5.41, 5.74) is 7.86. The van der Waals surface area contributed by atoms with E-state index in [0.29, 0.717) is 18.9 Å². The number of rotatable bonds is 21. The molecule has 0 radical (unpaired) electrons. The minimum atomic E-state index is -1.48. The molecule has 0 aliphatic rings. The van der Waals surface area contributed by atoms with Crippen LogP contribution in [0.15, 0.2) is 116 Å². The highest BCUT2D eigenvalue weighted by Crippen LogP contribution is 2.35. The Hall–Kier alpha value is -5.83. The number of H-pyrrole nitrogens is 1. The van der Waals surface area contributed by atoms with Crippen molar-refractivity contribution in [3.8, 4) is 0 Å². The van der Waals surface area contributed by atoms with E-state index in [2.05, 4.69) is 20.3 Å². The van der Waals surface area contributed by atoms with E-state index in [1.54, 1.807) is 43.9 Å². The van der Waals surface area contributed by atoms with Gasteiger partial charge in [0.15, 0.2) is 0 Å². The van der Waals surface area contributed by atoms with Crippen LogP contribution in [0, 0.1) is 5.41 Å². The minimum Gasteiger partial charge on any atom is -0.444 e. The number of hydrogen-bond donors (Lipinski definition) is 4. The lowest BCUT2D eigenvalue weighted by molar-refractivity contribution is -0.149. The number of primary amides is 1. The lowest BCUT2D eigenvalue weighted by atomic mass is 9.82. The number of aliphatic hydroxyl groups is 1. The molecule has 5 aromatic rings. The molecule has 314 valence electrons. The number of carbonyl (C=O) groups excluding carboxylic acids is 3. The number of carbonyl (C=O) groups is 3. The average Bonchev–Trinajstić information content (AvgIpc) is 3.90. The van der Waals surface area contributed by atoms with E-state index in [1.165, 1.54) is 11.2 Å². The third-order valence-corrected chi connectivity index (χ3v) is 9.60. The maximum absolute atomic E-state index is 15.5. The van der Waals surface area contributed by atoms with Crippen LogP contribution < -0.4 is 11.1 Å². The lowest BCUT2D eigenvalue weighted by Crippen LogP contribution is -2.62. The molecule has 0 aliphatic heterocycles. The van der Waals surface area contributed by atoms with Crippen LogP contribution in [0.5, 0.6) is 0 Å². The van der Waals surface area contributed by atoms with Crippen molar-refractivity contribution in [2.24, 2.45) is 11.1 Å². The highest BCUT2D eigenvalue weighted by Gasteiger charge is 2.45. The first-order chi connectivity index (χ1) is 28.2. The van der Waals surface area contributed by atoms with Crippen LogP contribution in [0.25, 0.3) is 0 Å². The molecule has 0 saturated carbocycles. The topological polar surface area (TPSA) is 187 Å². The van der Waals surface area contributed by atoms with Crippen LogP contribution in [0.4, 0.5) is 4.79 Å². The fraction of sp³-hybridized carbons (Fsp3) is 0.400. The maximum atomic E-state index is 15.5. The van der Waals surface area contributed by atoms with Crippen molar-refractivity contribution in [1.29, 1.82) is 0 Å². The van der Waals surface area contributed by atoms with Crippen LogP contribution in [0.3, 0.4) is 0 Å². The van der Waals surface area contributed by atoms with Crippen LogP contribution in [-0.2, 0) is 56.6 Å². The maximum Gasteiger partial charge on any atom is 0.408 e. The molecule has 0 aliphatic carbocycles. The average molecular weight is 808 g/mol. The van der Waals surface area contributed by atoms with Gasteiger partial charge in [0.25, 0.3) is 0 Å². The van der Waals surface area contributed by atoms with Crippen molar-refractivity contribution in [2.45, 2.75) is 104 Å². The number of hydrogen-bond acceptors (Lipinski definition) is 9. The molecule has 4 atom stereocenters. The normalized spacial score (nSPS) is 13.9. The van der Waals surface area contributed by atoms with Crippen LogP contribution in [-0.4, -0.2) is 77.8 Å². The molecular formula is C45H57N7O7. The first-order valence-electron chi connectivity index (χ1n) is 19.7. The van der Waals surface area contributed by atoms with Crippen LogP contribution in [0.1, 0.15) is 75.4 Å². The number of aromatic amines is 1. The number of aliphatic hydroxyl groups excluding tert-OH is 1. The van der Waals surface area contributed by atoms with Gasteiger partial charge >= 0.3 is 6.09 Å². The predicted molar refractivity (Wildman–Crippen MR) is 222 cm³/mol. The first kappa shape index (κ1) is 44.3. The molecule has 3 aromatic carbocycles. The van der Waals surface area contributed by atoms with Gasteiger partial charge in [-0.2, -0.15) is 0 Å². The van der Waals surface area contributed by atoms with Gasteiger partial charge in [-0.05, 0) is 49.3 Å². The highest BCUT2D eigenvalue weighted by atomic mass is 16.6. The molecule has 0 spiro atoms. The largest absolute Gasteiger partial charge is 0.444 e. The van der Waals surface area contributed by atoms with Gasteiger partial charge in [-0.1, -0.05) is 105 Å². The van der Waals surface area contributed by atoms with E-state index in [9.17, 15) is 14.7 Å². The highest BCUT2D eigenvalue weighted by molar-refractivity contribution is 5.91. The second-order valence-corrected chi connectivity index (χ2v) is 16.4. The first-order valence-corrected chi connectivity index (χ1v) is 19.7. The fourth-order valence-electron chi connectivity index (χ4n) is 6.88. The summed E-state index contributed by atoms with van der Waals surface area (Å²) in [7, 11) is 0. The van der Waals surface area contributed by atoms with Crippen molar-refractivity contribution in [3.63, 3.8) is 0 Å². The molecule has 59 heavy (non-hydrogen) atoms. The van der Waals surface area contributed by atoms with E-state index >= 15 is 4.79 Å². The van der Waals surface area contributed by atoms with Gasteiger partial charge in [-0.3, -0.25) is 9.59 Å². The zero-order chi connectivity index (χ0) is 42.4. The Kier molecular flexibility index (Phi) is 15.6. The van der Waals surface area contributed by atoms with E-state index in [4.69, 9.17) is 19.9 Å². The zero-order valence-corrected chi connectivity index (χ0v) is 34.5. The molecular weight excluding hydrogens is 751 g/mol. The molecule has 3 amide bonds. The summed E-state index contributed by atoms with van der Waals surface area (Å²) in [6.07, 6.45) is 4.02. The van der Waals surface area contributed by atoms with Crippen LogP contribution in [0.2, 0.25) is 0 Å². The Morgan fingerprint density at radius 2 is 1.46 bits per heavy atom. The van der Waals surface area contributed by atoms with Crippen molar-refractivity contribution in [3.05, 3.63) is 144 Å². The van der Waals surface area contributed by atoms with Crippen molar-refractivity contribution >= 4 is 17.9 Å². The molecule has 5 rings (SSSR count). The Labute approximate surface area is 346 Å². The summed E-state index contributed by atoms with van der Waals surface area (Å²) < 4.78 is 19.6. The molecule has 0 fully saturated rings. The number of alkyl carbamates (subject to hydrolysis) is 1. The smallest absolute Gasteiger partial charge is 0.408 e. The number of benzene rings is 3. The Morgan fingerprint density at radius 1 is 0.864 bits per heavy atom. The summed E-state index contributed by atoms with van der Waals surface area (Å²) in [6, 6.07) is 24.9. The number of nitrogens with two attached hydrogens (primary N) is 1. The van der Waals surface area contributed by atoms with Gasteiger partial charge in [0.05, 0.1) is 32.2 Å².